The molecule has 1 unspecified atom stereocenters. The quantitative estimate of drug-likeness (QED) is 0.911. The molecule has 0 saturated heterocycles. The van der Waals surface area contributed by atoms with E-state index in [0.29, 0.717) is 5.56 Å². The number of carbonyl (C=O) groups excluding carboxylic acids is 1. The Kier molecular flexibility index (Phi) is 4.58. The second kappa shape index (κ2) is 6.39. The lowest BCUT2D eigenvalue weighted by Gasteiger charge is -2.14. The zero-order chi connectivity index (χ0) is 14.5. The number of halogens is 2. The first kappa shape index (κ1) is 14.3. The van der Waals surface area contributed by atoms with Crippen LogP contribution < -0.4 is 5.73 Å². The molecule has 104 valence electrons. The van der Waals surface area contributed by atoms with Gasteiger partial charge in [-0.25, -0.2) is 8.78 Å². The van der Waals surface area contributed by atoms with Crippen LogP contribution >= 0.6 is 0 Å². The van der Waals surface area contributed by atoms with Crippen LogP contribution in [-0.2, 0) is 11.2 Å². The normalized spacial score (nSPS) is 12.2. The molecule has 2 aromatic carbocycles. The summed E-state index contributed by atoms with van der Waals surface area (Å²) in [6.45, 7) is 0.187. The van der Waals surface area contributed by atoms with Gasteiger partial charge in [0.15, 0.2) is 11.6 Å². The molecule has 0 saturated carbocycles. The highest BCUT2D eigenvalue weighted by Crippen LogP contribution is 2.18. The fourth-order valence-electron chi connectivity index (χ4n) is 2.11. The third-order valence-corrected chi connectivity index (χ3v) is 3.19. The van der Waals surface area contributed by atoms with Crippen molar-refractivity contribution in [2.45, 2.75) is 12.3 Å². The van der Waals surface area contributed by atoms with Gasteiger partial charge in [-0.3, -0.25) is 4.79 Å². The summed E-state index contributed by atoms with van der Waals surface area (Å²) < 4.78 is 26.0. The minimum Gasteiger partial charge on any atom is -0.329 e. The van der Waals surface area contributed by atoms with E-state index in [1.807, 2.05) is 30.3 Å². The molecule has 0 heterocycles. The molecule has 2 rings (SSSR count). The predicted molar refractivity (Wildman–Crippen MR) is 73.3 cm³/mol. The molecule has 0 bridgehead atoms. The number of carbonyl (C=O) groups is 1. The lowest BCUT2D eigenvalue weighted by atomic mass is 9.91. The maximum Gasteiger partial charge on any atom is 0.159 e. The summed E-state index contributed by atoms with van der Waals surface area (Å²) in [5, 5.41) is 0. The van der Waals surface area contributed by atoms with Gasteiger partial charge in [0.2, 0.25) is 0 Å². The molecule has 20 heavy (non-hydrogen) atoms. The van der Waals surface area contributed by atoms with E-state index in [4.69, 9.17) is 5.73 Å². The van der Waals surface area contributed by atoms with Crippen LogP contribution in [0, 0.1) is 11.6 Å². The van der Waals surface area contributed by atoms with Crippen molar-refractivity contribution in [1.29, 1.82) is 0 Å². The van der Waals surface area contributed by atoms with Gasteiger partial charge in [-0.15, -0.1) is 0 Å². The van der Waals surface area contributed by atoms with E-state index in [-0.39, 0.29) is 18.7 Å². The Hall–Kier alpha value is -2.07. The first-order valence-corrected chi connectivity index (χ1v) is 6.33. The number of Topliss-reactive ketones (excluding diaryl/α,β-unsaturated/α-hetero) is 1. The fraction of sp³-hybridized carbons (Fsp3) is 0.188. The first-order chi connectivity index (χ1) is 9.61. The van der Waals surface area contributed by atoms with Crippen molar-refractivity contribution in [1.82, 2.24) is 0 Å². The van der Waals surface area contributed by atoms with Crippen molar-refractivity contribution in [3.05, 3.63) is 71.3 Å². The highest BCUT2D eigenvalue weighted by atomic mass is 19.2. The van der Waals surface area contributed by atoms with Gasteiger partial charge < -0.3 is 5.73 Å². The third kappa shape index (κ3) is 3.27. The molecule has 0 fully saturated rings. The summed E-state index contributed by atoms with van der Waals surface area (Å²) >= 11 is 0. The lowest BCUT2D eigenvalue weighted by Crippen LogP contribution is -2.23. The lowest BCUT2D eigenvalue weighted by molar-refractivity contribution is -0.119. The Labute approximate surface area is 116 Å². The summed E-state index contributed by atoms with van der Waals surface area (Å²) in [7, 11) is 0. The molecule has 0 aliphatic rings. The zero-order valence-corrected chi connectivity index (χ0v) is 10.9. The Morgan fingerprint density at radius 2 is 1.75 bits per heavy atom. The molecular formula is C16H15F2NO. The summed E-state index contributed by atoms with van der Waals surface area (Å²) in [6, 6.07) is 12.7. The molecule has 0 spiro atoms. The van der Waals surface area contributed by atoms with E-state index in [0.717, 1.165) is 17.7 Å². The van der Waals surface area contributed by atoms with Crippen LogP contribution in [0.2, 0.25) is 0 Å². The van der Waals surface area contributed by atoms with Crippen molar-refractivity contribution in [2.75, 3.05) is 6.54 Å². The number of ketones is 1. The van der Waals surface area contributed by atoms with E-state index in [1.165, 1.54) is 6.07 Å². The van der Waals surface area contributed by atoms with E-state index in [9.17, 15) is 13.6 Å². The molecule has 4 heteroatoms. The highest BCUT2D eigenvalue weighted by molar-refractivity contribution is 5.87. The number of hydrogen-bond acceptors (Lipinski definition) is 2. The van der Waals surface area contributed by atoms with Gasteiger partial charge in [-0.05, 0) is 23.3 Å². The smallest absolute Gasteiger partial charge is 0.159 e. The van der Waals surface area contributed by atoms with E-state index in [1.54, 1.807) is 0 Å². The summed E-state index contributed by atoms with van der Waals surface area (Å²) in [6.07, 6.45) is 0.0357. The van der Waals surface area contributed by atoms with Gasteiger partial charge in [0.25, 0.3) is 0 Å². The van der Waals surface area contributed by atoms with Gasteiger partial charge in [0, 0.05) is 13.0 Å². The topological polar surface area (TPSA) is 43.1 Å². The van der Waals surface area contributed by atoms with Crippen LogP contribution in [0.5, 0.6) is 0 Å². The Morgan fingerprint density at radius 3 is 2.35 bits per heavy atom. The molecular weight excluding hydrogens is 260 g/mol. The van der Waals surface area contributed by atoms with Crippen LogP contribution in [0.1, 0.15) is 17.0 Å². The monoisotopic (exact) mass is 275 g/mol. The van der Waals surface area contributed by atoms with Crippen molar-refractivity contribution < 1.29 is 13.6 Å². The minimum atomic E-state index is -0.945. The largest absolute Gasteiger partial charge is 0.329 e. The summed E-state index contributed by atoms with van der Waals surface area (Å²) in [4.78, 5) is 12.2. The van der Waals surface area contributed by atoms with Gasteiger partial charge in [-0.1, -0.05) is 36.4 Å². The summed E-state index contributed by atoms with van der Waals surface area (Å²) in [5.41, 5.74) is 6.94. The Bertz CT molecular complexity index is 599. The number of nitrogens with two attached hydrogens (primary N) is 1. The average molecular weight is 275 g/mol. The van der Waals surface area contributed by atoms with Gasteiger partial charge in [0.1, 0.15) is 5.78 Å². The second-order valence-electron chi connectivity index (χ2n) is 4.59. The van der Waals surface area contributed by atoms with Crippen LogP contribution in [-0.4, -0.2) is 12.3 Å². The molecule has 0 aliphatic heterocycles. The number of hydrogen-bond donors (Lipinski definition) is 1. The first-order valence-electron chi connectivity index (χ1n) is 6.33. The molecule has 2 N–H and O–H groups in total. The van der Waals surface area contributed by atoms with Crippen LogP contribution in [0.25, 0.3) is 0 Å². The van der Waals surface area contributed by atoms with E-state index < -0.39 is 17.6 Å². The zero-order valence-electron chi connectivity index (χ0n) is 10.9. The molecule has 0 amide bonds. The molecule has 1 atom stereocenters. The van der Waals surface area contributed by atoms with Crippen LogP contribution in [0.3, 0.4) is 0 Å². The molecule has 2 aromatic rings. The molecule has 2 nitrogen and oxygen atoms in total. The highest BCUT2D eigenvalue weighted by Gasteiger charge is 2.19. The molecule has 0 aromatic heterocycles. The van der Waals surface area contributed by atoms with Crippen molar-refractivity contribution in [2.24, 2.45) is 5.73 Å². The third-order valence-electron chi connectivity index (χ3n) is 3.19. The SMILES string of the molecule is NCC(C(=O)Cc1ccc(F)c(F)c1)c1ccccc1. The maximum absolute atomic E-state index is 13.1. The van der Waals surface area contributed by atoms with E-state index >= 15 is 0 Å². The predicted octanol–water partition coefficient (Wildman–Crippen LogP) is 2.82. The standard InChI is InChI=1S/C16H15F2NO/c17-14-7-6-11(8-15(14)18)9-16(20)13(10-19)12-4-2-1-3-5-12/h1-8,13H,9-10,19H2. The van der Waals surface area contributed by atoms with Crippen molar-refractivity contribution in [3.63, 3.8) is 0 Å². The molecule has 0 radical (unpaired) electrons. The van der Waals surface area contributed by atoms with Gasteiger partial charge in [-0.2, -0.15) is 0 Å². The Morgan fingerprint density at radius 1 is 1.05 bits per heavy atom. The molecule has 0 aliphatic carbocycles. The van der Waals surface area contributed by atoms with E-state index in [2.05, 4.69) is 0 Å². The average Bonchev–Trinajstić information content (AvgIpc) is 2.45. The maximum atomic E-state index is 13.1. The number of benzene rings is 2. The fourth-order valence-corrected chi connectivity index (χ4v) is 2.11. The minimum absolute atomic E-state index is 0.0357. The summed E-state index contributed by atoms with van der Waals surface area (Å²) in [5.74, 6) is -2.40. The van der Waals surface area contributed by atoms with Crippen LogP contribution in [0.4, 0.5) is 8.78 Å². The van der Waals surface area contributed by atoms with Crippen LogP contribution in [0.15, 0.2) is 48.5 Å². The Balaban J connectivity index is 2.15. The number of rotatable bonds is 5. The van der Waals surface area contributed by atoms with Crippen molar-refractivity contribution >= 4 is 5.78 Å². The van der Waals surface area contributed by atoms with Gasteiger partial charge in [0.05, 0.1) is 5.92 Å². The van der Waals surface area contributed by atoms with Gasteiger partial charge >= 0.3 is 0 Å². The second-order valence-corrected chi connectivity index (χ2v) is 4.59. The van der Waals surface area contributed by atoms with Crippen molar-refractivity contribution in [3.8, 4) is 0 Å².